The van der Waals surface area contributed by atoms with Crippen LogP contribution in [-0.4, -0.2) is 21.1 Å². The maximum absolute atomic E-state index is 12.5. The number of nitrogens with zero attached hydrogens (tertiary/aromatic N) is 2. The van der Waals surface area contributed by atoms with Crippen molar-refractivity contribution in [3.8, 4) is 0 Å². The Morgan fingerprint density at radius 1 is 0.970 bits per heavy atom. The van der Waals surface area contributed by atoms with E-state index in [9.17, 15) is 36.2 Å². The van der Waals surface area contributed by atoms with Gasteiger partial charge in [-0.3, -0.25) is 0 Å². The number of carbonyl (C=O) groups excluding carboxylic acids is 1. The van der Waals surface area contributed by atoms with Gasteiger partial charge in [-0.1, -0.05) is 0 Å². The normalized spacial score (nSPS) is 15.8. The van der Waals surface area contributed by atoms with Gasteiger partial charge >= 0.3 is 18.4 Å². The number of benzene rings is 2. The minimum absolute atomic E-state index is 0.00652. The van der Waals surface area contributed by atoms with E-state index < -0.39 is 35.7 Å². The van der Waals surface area contributed by atoms with Crippen LogP contribution in [0.4, 0.5) is 36.8 Å². The van der Waals surface area contributed by atoms with Crippen LogP contribution >= 0.6 is 43.5 Å². The van der Waals surface area contributed by atoms with E-state index >= 15 is 0 Å². The number of amides is 2. The second-order valence-corrected chi connectivity index (χ2v) is 8.50. The van der Waals surface area contributed by atoms with Crippen LogP contribution in [0, 0.1) is 0 Å². The highest BCUT2D eigenvalue weighted by atomic mass is 79.9. The second kappa shape index (κ2) is 9.24. The lowest BCUT2D eigenvalue weighted by molar-refractivity contribution is -0.138. The first-order valence-corrected chi connectivity index (χ1v) is 10.5. The molecule has 4 rings (SSSR count). The van der Waals surface area contributed by atoms with Gasteiger partial charge in [-0.25, -0.2) is 14.8 Å². The van der Waals surface area contributed by atoms with Gasteiger partial charge in [-0.05, 0) is 67.7 Å². The molecule has 2 amide bonds. The highest BCUT2D eigenvalue weighted by Crippen LogP contribution is 2.39. The van der Waals surface area contributed by atoms with E-state index in [1.54, 1.807) is 0 Å². The summed E-state index contributed by atoms with van der Waals surface area (Å²) in [6, 6.07) is 2.90. The zero-order valence-electron chi connectivity index (χ0n) is 15.6. The Kier molecular flexibility index (Phi) is 7.13. The van der Waals surface area contributed by atoms with Crippen molar-refractivity contribution < 1.29 is 36.2 Å². The number of fused-ring (bicyclic) bond motifs is 2. The van der Waals surface area contributed by atoms with Crippen LogP contribution in [0.15, 0.2) is 39.4 Å². The molecule has 2 heterocycles. The molecular weight excluding hydrogens is 613 g/mol. The van der Waals surface area contributed by atoms with Crippen LogP contribution in [0.2, 0.25) is 5.28 Å². The monoisotopic (exact) mass is 620 g/mol. The Balaban J connectivity index is 0.000000186. The Morgan fingerprint density at radius 2 is 1.55 bits per heavy atom. The smallest absolute Gasteiger partial charge is 0.369 e. The number of halogens is 9. The molecule has 0 bridgehead atoms. The van der Waals surface area contributed by atoms with Crippen molar-refractivity contribution in [3.05, 3.63) is 61.4 Å². The summed E-state index contributed by atoms with van der Waals surface area (Å²) in [7, 11) is 0. The third kappa shape index (κ3) is 5.86. The van der Waals surface area contributed by atoms with Gasteiger partial charge in [0.25, 0.3) is 0 Å². The summed E-state index contributed by atoms with van der Waals surface area (Å²) in [5, 5.41) is 14.1. The molecule has 3 aromatic rings. The van der Waals surface area contributed by atoms with Gasteiger partial charge in [-0.2, -0.15) is 26.3 Å². The van der Waals surface area contributed by atoms with Crippen LogP contribution in [0.1, 0.15) is 22.9 Å². The lowest BCUT2D eigenvalue weighted by Crippen LogP contribution is -2.38. The maximum atomic E-state index is 12.5. The standard InChI is InChI=1S/C9H3BrClF3N2.C9H6BrF3N2O2/c10-6-2-5(9(12,13)14)1-4-3-15-8(11)16-7(4)6;10-5-2-3(9(11,12)13)1-4-6(5)14-8(17)15-7(4)16/h1-3H;1-2,7,16H,(H2,14,15,17). The Morgan fingerprint density at radius 3 is 2.15 bits per heavy atom. The second-order valence-electron chi connectivity index (χ2n) is 6.45. The highest BCUT2D eigenvalue weighted by Gasteiger charge is 2.34. The van der Waals surface area contributed by atoms with E-state index in [-0.39, 0.29) is 30.9 Å². The van der Waals surface area contributed by atoms with Crippen molar-refractivity contribution in [1.82, 2.24) is 15.3 Å². The van der Waals surface area contributed by atoms with Gasteiger partial charge in [0, 0.05) is 26.1 Å². The molecule has 0 radical (unpaired) electrons. The van der Waals surface area contributed by atoms with Gasteiger partial charge in [0.15, 0.2) is 6.23 Å². The molecule has 6 nitrogen and oxygen atoms in total. The first-order valence-electron chi connectivity index (χ1n) is 8.52. The minimum atomic E-state index is -4.52. The third-order valence-electron chi connectivity index (χ3n) is 4.18. The lowest BCUT2D eigenvalue weighted by Gasteiger charge is -2.25. The number of hydrogen-bond donors (Lipinski definition) is 3. The Bertz CT molecular complexity index is 1240. The van der Waals surface area contributed by atoms with Crippen LogP contribution in [0.3, 0.4) is 0 Å². The summed E-state index contributed by atoms with van der Waals surface area (Å²) < 4.78 is 75.4. The van der Waals surface area contributed by atoms with Crippen molar-refractivity contribution in [1.29, 1.82) is 0 Å². The number of rotatable bonds is 0. The zero-order chi connectivity index (χ0) is 24.7. The average molecular weight is 623 g/mol. The number of hydrogen-bond acceptors (Lipinski definition) is 4. The molecule has 3 N–H and O–H groups in total. The zero-order valence-corrected chi connectivity index (χ0v) is 19.5. The molecule has 0 saturated heterocycles. The van der Waals surface area contributed by atoms with Crippen molar-refractivity contribution in [2.75, 3.05) is 5.32 Å². The first-order chi connectivity index (χ1) is 15.2. The van der Waals surface area contributed by atoms with Crippen molar-refractivity contribution in [2.24, 2.45) is 0 Å². The third-order valence-corrected chi connectivity index (χ3v) is 5.60. The van der Waals surface area contributed by atoms with Crippen molar-refractivity contribution >= 4 is 66.1 Å². The van der Waals surface area contributed by atoms with E-state index in [0.29, 0.717) is 5.52 Å². The number of anilines is 1. The van der Waals surface area contributed by atoms with Gasteiger partial charge < -0.3 is 15.7 Å². The van der Waals surface area contributed by atoms with Crippen LogP contribution in [-0.2, 0) is 12.4 Å². The van der Waals surface area contributed by atoms with Gasteiger partial charge in [0.1, 0.15) is 0 Å². The summed E-state index contributed by atoms with van der Waals surface area (Å²) in [6.07, 6.45) is -9.11. The minimum Gasteiger partial charge on any atom is -0.369 e. The molecule has 0 fully saturated rings. The number of aliphatic hydroxyl groups excluding tert-OH is 1. The van der Waals surface area contributed by atoms with Gasteiger partial charge in [-0.15, -0.1) is 0 Å². The SMILES string of the molecule is FC(F)(F)c1cc(Br)c2nc(Cl)ncc2c1.O=C1Nc2c(Br)cc(C(F)(F)F)cc2C(O)N1. The molecular formula is C18H9Br2ClF6N4O2. The number of urea groups is 1. The summed E-state index contributed by atoms with van der Waals surface area (Å²) >= 11 is 11.5. The average Bonchev–Trinajstić information content (AvgIpc) is 2.68. The fraction of sp³-hybridized carbons (Fsp3) is 0.167. The molecule has 0 spiro atoms. The van der Waals surface area contributed by atoms with E-state index in [1.165, 1.54) is 6.20 Å². The number of nitrogens with one attached hydrogen (secondary N) is 2. The largest absolute Gasteiger partial charge is 0.416 e. The van der Waals surface area contributed by atoms with Crippen molar-refractivity contribution in [2.45, 2.75) is 18.6 Å². The Labute approximate surface area is 202 Å². The summed E-state index contributed by atoms with van der Waals surface area (Å²) in [5.74, 6) is 0. The molecule has 0 saturated carbocycles. The van der Waals surface area contributed by atoms with Crippen LogP contribution < -0.4 is 10.6 Å². The van der Waals surface area contributed by atoms with Crippen LogP contribution in [0.25, 0.3) is 10.9 Å². The van der Waals surface area contributed by atoms with E-state index in [4.69, 9.17) is 11.6 Å². The lowest BCUT2D eigenvalue weighted by atomic mass is 10.1. The number of aliphatic hydroxyl groups is 1. The summed E-state index contributed by atoms with van der Waals surface area (Å²) in [6.45, 7) is 0. The number of carbonyl (C=O) groups is 1. The summed E-state index contributed by atoms with van der Waals surface area (Å²) in [5.41, 5.74) is -1.20. The summed E-state index contributed by atoms with van der Waals surface area (Å²) in [4.78, 5) is 18.5. The molecule has 1 atom stereocenters. The van der Waals surface area contributed by atoms with E-state index in [0.717, 1.165) is 24.3 Å². The molecule has 1 unspecified atom stereocenters. The molecule has 1 aliphatic heterocycles. The highest BCUT2D eigenvalue weighted by molar-refractivity contribution is 9.11. The molecule has 176 valence electrons. The predicted molar refractivity (Wildman–Crippen MR) is 114 cm³/mol. The number of alkyl halides is 6. The number of aromatic nitrogens is 2. The molecule has 2 aromatic carbocycles. The maximum Gasteiger partial charge on any atom is 0.416 e. The molecule has 33 heavy (non-hydrogen) atoms. The quantitative estimate of drug-likeness (QED) is 0.193. The molecule has 0 aliphatic carbocycles. The van der Waals surface area contributed by atoms with Gasteiger partial charge in [0.05, 0.1) is 22.3 Å². The fourth-order valence-corrected chi connectivity index (χ4v) is 4.01. The van der Waals surface area contributed by atoms with E-state index in [1.807, 2.05) is 0 Å². The first kappa shape index (κ1) is 25.5. The fourth-order valence-electron chi connectivity index (χ4n) is 2.73. The van der Waals surface area contributed by atoms with Gasteiger partial charge in [0.2, 0.25) is 5.28 Å². The van der Waals surface area contributed by atoms with Crippen molar-refractivity contribution in [3.63, 3.8) is 0 Å². The molecule has 15 heteroatoms. The predicted octanol–water partition coefficient (Wildman–Crippen LogP) is 6.66. The topological polar surface area (TPSA) is 87.1 Å². The van der Waals surface area contributed by atoms with Crippen LogP contribution in [0.5, 0.6) is 0 Å². The molecule has 1 aliphatic rings. The molecule has 1 aromatic heterocycles. The van der Waals surface area contributed by atoms with E-state index in [2.05, 4.69) is 52.5 Å². The Hall–Kier alpha value is -2.16.